The van der Waals surface area contributed by atoms with Gasteiger partial charge in [-0.05, 0) is 12.8 Å². The Morgan fingerprint density at radius 2 is 2.00 bits per heavy atom. The van der Waals surface area contributed by atoms with Crippen molar-refractivity contribution in [2.45, 2.75) is 32.6 Å². The van der Waals surface area contributed by atoms with Crippen molar-refractivity contribution >= 4 is 22.6 Å². The Hall–Kier alpha value is 0.470. The summed E-state index contributed by atoms with van der Waals surface area (Å²) in [5.74, 6) is 0. The fourth-order valence-corrected chi connectivity index (χ4v) is 1.05. The van der Waals surface area contributed by atoms with Crippen molar-refractivity contribution in [3.8, 4) is 0 Å². The molecule has 1 heteroatoms. The molecule has 0 saturated heterocycles. The van der Waals surface area contributed by atoms with Crippen LogP contribution in [0.3, 0.4) is 0 Å². The molecule has 54 valence electrons. The lowest BCUT2D eigenvalue weighted by Gasteiger charge is -1.89. The lowest BCUT2D eigenvalue weighted by atomic mass is 10.2. The molecule has 0 rings (SSSR count). The van der Waals surface area contributed by atoms with Crippen LogP contribution in [0, 0.1) is 0 Å². The van der Waals surface area contributed by atoms with Crippen LogP contribution in [-0.4, -0.2) is 4.43 Å². The molecule has 0 saturated carbocycles. The van der Waals surface area contributed by atoms with Gasteiger partial charge in [-0.3, -0.25) is 0 Å². The molecular formula is C8H15I. The van der Waals surface area contributed by atoms with E-state index in [2.05, 4.69) is 41.7 Å². The van der Waals surface area contributed by atoms with Crippen molar-refractivity contribution in [3.63, 3.8) is 0 Å². The summed E-state index contributed by atoms with van der Waals surface area (Å²) < 4.78 is 1.16. The van der Waals surface area contributed by atoms with E-state index in [-0.39, 0.29) is 0 Å². The highest BCUT2D eigenvalue weighted by Gasteiger charge is 1.79. The normalized spacial score (nSPS) is 10.9. The fraction of sp³-hybridized carbons (Fsp3) is 0.750. The molecule has 0 aliphatic rings. The molecule has 0 aromatic carbocycles. The summed E-state index contributed by atoms with van der Waals surface area (Å²) in [6.45, 7) is 2.24. The van der Waals surface area contributed by atoms with Crippen LogP contribution >= 0.6 is 22.6 Å². The van der Waals surface area contributed by atoms with Crippen molar-refractivity contribution in [1.82, 2.24) is 0 Å². The van der Waals surface area contributed by atoms with Gasteiger partial charge in [-0.1, -0.05) is 54.5 Å². The van der Waals surface area contributed by atoms with E-state index in [1.165, 1.54) is 25.7 Å². The summed E-state index contributed by atoms with van der Waals surface area (Å²) >= 11 is 2.36. The number of halogens is 1. The fourth-order valence-electron chi connectivity index (χ4n) is 0.693. The van der Waals surface area contributed by atoms with Crippen molar-refractivity contribution in [3.05, 3.63) is 12.2 Å². The van der Waals surface area contributed by atoms with E-state index in [9.17, 15) is 0 Å². The quantitative estimate of drug-likeness (QED) is 0.297. The van der Waals surface area contributed by atoms with Crippen LogP contribution in [0.5, 0.6) is 0 Å². The van der Waals surface area contributed by atoms with Gasteiger partial charge in [-0.15, -0.1) is 0 Å². The predicted molar refractivity (Wildman–Crippen MR) is 52.2 cm³/mol. The number of allylic oxidation sites excluding steroid dienone is 2. The Morgan fingerprint density at radius 1 is 1.22 bits per heavy atom. The number of alkyl halides is 1. The van der Waals surface area contributed by atoms with Crippen LogP contribution in [0.25, 0.3) is 0 Å². The lowest BCUT2D eigenvalue weighted by molar-refractivity contribution is 0.729. The molecule has 0 amide bonds. The molecule has 0 heterocycles. The highest BCUT2D eigenvalue weighted by atomic mass is 127. The van der Waals surface area contributed by atoms with Crippen molar-refractivity contribution in [2.24, 2.45) is 0 Å². The van der Waals surface area contributed by atoms with E-state index < -0.39 is 0 Å². The minimum atomic E-state index is 1.16. The molecule has 0 aromatic heterocycles. The van der Waals surface area contributed by atoms with Gasteiger partial charge in [0.1, 0.15) is 0 Å². The average molecular weight is 238 g/mol. The molecule has 0 nitrogen and oxygen atoms in total. The molecule has 0 aromatic rings. The van der Waals surface area contributed by atoms with Gasteiger partial charge in [0.05, 0.1) is 0 Å². The third kappa shape index (κ3) is 8.47. The number of hydrogen-bond acceptors (Lipinski definition) is 0. The van der Waals surface area contributed by atoms with E-state index in [1.54, 1.807) is 0 Å². The van der Waals surface area contributed by atoms with Crippen LogP contribution in [0.15, 0.2) is 12.2 Å². The Labute approximate surface area is 71.9 Å². The third-order valence-electron chi connectivity index (χ3n) is 1.23. The second-order valence-corrected chi connectivity index (χ2v) is 3.00. The van der Waals surface area contributed by atoms with Crippen LogP contribution in [0.4, 0.5) is 0 Å². The highest BCUT2D eigenvalue weighted by molar-refractivity contribution is 14.1. The zero-order chi connectivity index (χ0) is 6.95. The van der Waals surface area contributed by atoms with Gasteiger partial charge in [0.2, 0.25) is 0 Å². The largest absolute Gasteiger partial charge is 0.0878 e. The first kappa shape index (κ1) is 9.47. The number of rotatable bonds is 5. The topological polar surface area (TPSA) is 0 Å². The Bertz CT molecular complexity index is 67.0. The zero-order valence-corrected chi connectivity index (χ0v) is 8.23. The van der Waals surface area contributed by atoms with Crippen molar-refractivity contribution in [1.29, 1.82) is 0 Å². The molecule has 0 bridgehead atoms. The predicted octanol–water partition coefficient (Wildman–Crippen LogP) is 3.56. The first-order valence-electron chi connectivity index (χ1n) is 3.62. The Morgan fingerprint density at radius 3 is 2.56 bits per heavy atom. The summed E-state index contributed by atoms with van der Waals surface area (Å²) in [6, 6.07) is 0. The maximum atomic E-state index is 2.36. The summed E-state index contributed by atoms with van der Waals surface area (Å²) in [4.78, 5) is 0. The maximum absolute atomic E-state index is 2.36. The van der Waals surface area contributed by atoms with Gasteiger partial charge in [-0.25, -0.2) is 0 Å². The standard InChI is InChI=1S/C8H15I/c1-2-3-4-5-6-7-8-9/h6-7H,2-5,8H2,1H3/b7-6+. The third-order valence-corrected chi connectivity index (χ3v) is 1.74. The van der Waals surface area contributed by atoms with E-state index in [0.717, 1.165) is 4.43 Å². The van der Waals surface area contributed by atoms with E-state index >= 15 is 0 Å². The Kier molecular flexibility index (Phi) is 8.91. The molecule has 0 spiro atoms. The molecule has 9 heavy (non-hydrogen) atoms. The molecule has 0 aliphatic carbocycles. The zero-order valence-electron chi connectivity index (χ0n) is 6.07. The van der Waals surface area contributed by atoms with Gasteiger partial charge in [-0.2, -0.15) is 0 Å². The first-order valence-corrected chi connectivity index (χ1v) is 5.15. The summed E-state index contributed by atoms with van der Waals surface area (Å²) in [5, 5.41) is 0. The second-order valence-electron chi connectivity index (χ2n) is 2.12. The molecule has 0 aliphatic heterocycles. The van der Waals surface area contributed by atoms with Gasteiger partial charge in [0.25, 0.3) is 0 Å². The summed E-state index contributed by atoms with van der Waals surface area (Å²) in [7, 11) is 0. The van der Waals surface area contributed by atoms with Gasteiger partial charge in [0, 0.05) is 4.43 Å². The molecule has 0 radical (unpaired) electrons. The van der Waals surface area contributed by atoms with Crippen LogP contribution in [0.2, 0.25) is 0 Å². The van der Waals surface area contributed by atoms with Crippen molar-refractivity contribution < 1.29 is 0 Å². The molecular weight excluding hydrogens is 223 g/mol. The van der Waals surface area contributed by atoms with Gasteiger partial charge >= 0.3 is 0 Å². The van der Waals surface area contributed by atoms with Gasteiger partial charge in [0.15, 0.2) is 0 Å². The second kappa shape index (κ2) is 8.47. The Balaban J connectivity index is 2.82. The highest BCUT2D eigenvalue weighted by Crippen LogP contribution is 1.99. The lowest BCUT2D eigenvalue weighted by Crippen LogP contribution is -1.70. The SMILES string of the molecule is CCCCC/C=C/CI. The molecule has 0 atom stereocenters. The minimum absolute atomic E-state index is 1.16. The monoisotopic (exact) mass is 238 g/mol. The van der Waals surface area contributed by atoms with E-state index in [4.69, 9.17) is 0 Å². The van der Waals surface area contributed by atoms with E-state index in [1.807, 2.05) is 0 Å². The van der Waals surface area contributed by atoms with Crippen molar-refractivity contribution in [2.75, 3.05) is 4.43 Å². The summed E-state index contributed by atoms with van der Waals surface area (Å²) in [6.07, 6.45) is 9.86. The van der Waals surface area contributed by atoms with E-state index in [0.29, 0.717) is 0 Å². The van der Waals surface area contributed by atoms with Crippen LogP contribution < -0.4 is 0 Å². The molecule has 0 unspecified atom stereocenters. The number of hydrogen-bond donors (Lipinski definition) is 0. The number of unbranched alkanes of at least 4 members (excludes halogenated alkanes) is 3. The van der Waals surface area contributed by atoms with Crippen LogP contribution in [0.1, 0.15) is 32.6 Å². The van der Waals surface area contributed by atoms with Crippen LogP contribution in [-0.2, 0) is 0 Å². The summed E-state index contributed by atoms with van der Waals surface area (Å²) in [5.41, 5.74) is 0. The minimum Gasteiger partial charge on any atom is -0.0878 e. The molecule has 0 N–H and O–H groups in total. The molecule has 0 fully saturated rings. The first-order chi connectivity index (χ1) is 4.41. The smallest absolute Gasteiger partial charge is 0.0175 e. The maximum Gasteiger partial charge on any atom is 0.0175 e. The van der Waals surface area contributed by atoms with Gasteiger partial charge < -0.3 is 0 Å². The average Bonchev–Trinajstić information content (AvgIpc) is 1.89.